The zero-order valence-electron chi connectivity index (χ0n) is 47.4. The largest absolute Gasteiger partial charge is 0.430 e. The van der Waals surface area contributed by atoms with Crippen molar-refractivity contribution in [1.29, 1.82) is 0 Å². The van der Waals surface area contributed by atoms with E-state index in [1.807, 2.05) is 26.0 Å². The molecular weight excluding hydrogens is 1270 g/mol. The molecule has 520 valence electrons. The van der Waals surface area contributed by atoms with Crippen LogP contribution in [-0.2, 0) is 4.74 Å². The van der Waals surface area contributed by atoms with Crippen molar-refractivity contribution in [2.24, 2.45) is 0 Å². The van der Waals surface area contributed by atoms with Crippen molar-refractivity contribution in [3.63, 3.8) is 0 Å². The number of alkyl halides is 32. The third-order valence-electron chi connectivity index (χ3n) is 14.4. The van der Waals surface area contributed by atoms with Crippen molar-refractivity contribution in [3.05, 3.63) is 24.3 Å². The highest BCUT2D eigenvalue weighted by molar-refractivity contribution is 5.18. The number of hydrogen-bond donors (Lipinski definition) is 0. The van der Waals surface area contributed by atoms with Crippen molar-refractivity contribution < 1.29 is 145 Å². The van der Waals surface area contributed by atoms with Gasteiger partial charge in [-0.15, -0.1) is 0 Å². The second-order valence-electron chi connectivity index (χ2n) is 21.8. The van der Waals surface area contributed by atoms with Crippen LogP contribution in [0.2, 0.25) is 0 Å². The van der Waals surface area contributed by atoms with Gasteiger partial charge in [-0.2, -0.15) is 132 Å². The fourth-order valence-corrected chi connectivity index (χ4v) is 9.05. The van der Waals surface area contributed by atoms with Gasteiger partial charge in [-0.1, -0.05) is 167 Å². The van der Waals surface area contributed by atoms with Gasteiger partial charge in [-0.05, 0) is 64.2 Å². The van der Waals surface area contributed by atoms with E-state index in [4.69, 9.17) is 0 Å². The summed E-state index contributed by atoms with van der Waals surface area (Å²) in [5.74, 6) is -90.7. The normalized spacial score (nSPS) is 16.4. The molecule has 0 rings (SSSR count). The summed E-state index contributed by atoms with van der Waals surface area (Å²) in [6.07, 6.45) is -27.3. The van der Waals surface area contributed by atoms with E-state index in [-0.39, 0.29) is 38.5 Å². The average Bonchev–Trinajstić information content (AvgIpc) is 0.724. The monoisotopic (exact) mass is 1350 g/mol. The highest BCUT2D eigenvalue weighted by Crippen LogP contribution is 2.67. The van der Waals surface area contributed by atoms with Gasteiger partial charge in [-0.3, -0.25) is 0 Å². The molecule has 0 aliphatic rings. The minimum Gasteiger partial charge on any atom is -0.245 e. The third-order valence-corrected chi connectivity index (χ3v) is 14.4. The highest BCUT2D eigenvalue weighted by atomic mass is 19.4. The Morgan fingerprint density at radius 3 is 0.621 bits per heavy atom. The van der Waals surface area contributed by atoms with Crippen LogP contribution in [0.25, 0.3) is 0 Å². The van der Waals surface area contributed by atoms with Gasteiger partial charge in [0.15, 0.2) is 11.3 Å². The maximum absolute atomic E-state index is 15.5. The molecule has 2 atom stereocenters. The third kappa shape index (κ3) is 21.1. The van der Waals surface area contributed by atoms with Gasteiger partial charge in [0.25, 0.3) is 0 Å². The molecule has 0 amide bonds. The number of unbranched alkanes of at least 4 members (excludes halogenated alkanes) is 24. The Morgan fingerprint density at radius 2 is 0.402 bits per heavy atom. The Morgan fingerprint density at radius 1 is 0.218 bits per heavy atom. The summed E-state index contributed by atoms with van der Waals surface area (Å²) in [5.41, 5.74) is -12.7. The summed E-state index contributed by atoms with van der Waals surface area (Å²) in [7, 11) is 0. The van der Waals surface area contributed by atoms with Crippen molar-refractivity contribution in [2.75, 3.05) is 0 Å². The number of rotatable bonds is 48. The zero-order chi connectivity index (χ0) is 68.2. The average molecular weight is 1350 g/mol. The molecule has 0 bridgehead atoms. The molecule has 0 saturated carbocycles. The van der Waals surface area contributed by atoms with E-state index in [0.717, 1.165) is 94.6 Å². The molecule has 0 aromatic carbocycles. The first-order valence-electron chi connectivity index (χ1n) is 28.3. The molecule has 0 spiro atoms. The van der Waals surface area contributed by atoms with Crippen LogP contribution in [0.15, 0.2) is 24.3 Å². The second-order valence-corrected chi connectivity index (χ2v) is 21.8. The Balaban J connectivity index is 6.58. The van der Waals surface area contributed by atoms with E-state index in [1.165, 1.54) is 0 Å². The Labute approximate surface area is 483 Å². The van der Waals surface area contributed by atoms with Crippen molar-refractivity contribution >= 4 is 0 Å². The quantitative estimate of drug-likeness (QED) is 0.0335. The standard InChI is InChI=1S/C54H74F32O/c1-3-5-7-9-11-13-15-17-19-21-23-25-27-29-31-33-35-39(55,37-41(57,58)59)43(63,64)45(67,68)47(71,72)49(75,76)51(79,80)53(83,84)87-54(85,86)52(81,82)50(77,78)48(73,74)46(69,70)44(65,66)40(56,38-42(60,61)62)36-34-32-30-28-26-24-22-20-18-16-14-12-10-8-6-4-2/h17-20H,3-16,21-38H2,1-2H3/b19-17-,20-18-. The number of hydrogen-bond acceptors (Lipinski definition) is 1. The van der Waals surface area contributed by atoms with Gasteiger partial charge < -0.3 is 0 Å². The summed E-state index contributed by atoms with van der Waals surface area (Å²) >= 11 is 0. The summed E-state index contributed by atoms with van der Waals surface area (Å²) < 4.78 is 466. The summed E-state index contributed by atoms with van der Waals surface area (Å²) in [4.78, 5) is 0. The first kappa shape index (κ1) is 84.2. The smallest absolute Gasteiger partial charge is 0.245 e. The summed E-state index contributed by atoms with van der Waals surface area (Å²) in [6, 6.07) is 0. The molecule has 0 heterocycles. The van der Waals surface area contributed by atoms with E-state index in [1.54, 1.807) is 12.2 Å². The predicted molar refractivity (Wildman–Crippen MR) is 258 cm³/mol. The highest BCUT2D eigenvalue weighted by Gasteiger charge is 2.96. The minimum atomic E-state index is -9.49. The predicted octanol–water partition coefficient (Wildman–Crippen LogP) is 24.7. The van der Waals surface area contributed by atoms with Gasteiger partial charge in [-0.25, -0.2) is 13.5 Å². The van der Waals surface area contributed by atoms with E-state index in [0.29, 0.717) is 25.7 Å². The minimum absolute atomic E-state index is 0.0309. The molecule has 33 heteroatoms. The van der Waals surface area contributed by atoms with Crippen LogP contribution >= 0.6 is 0 Å². The number of allylic oxidation sites excluding steroid dienone is 4. The van der Waals surface area contributed by atoms with Crippen LogP contribution in [0.3, 0.4) is 0 Å². The fraction of sp³-hybridized carbons (Fsp3) is 0.926. The van der Waals surface area contributed by atoms with E-state index >= 15 is 26.3 Å². The van der Waals surface area contributed by atoms with Crippen molar-refractivity contribution in [1.82, 2.24) is 0 Å². The van der Waals surface area contributed by atoms with Gasteiger partial charge in [0.05, 0.1) is 12.8 Å². The lowest BCUT2D eigenvalue weighted by molar-refractivity contribution is -0.527. The molecule has 0 radical (unpaired) electrons. The lowest BCUT2D eigenvalue weighted by Crippen LogP contribution is -2.76. The maximum Gasteiger partial charge on any atom is 0.430 e. The molecule has 0 aliphatic carbocycles. The molecule has 0 saturated heterocycles. The maximum atomic E-state index is 15.5. The van der Waals surface area contributed by atoms with Crippen LogP contribution in [-0.4, -0.2) is 95.1 Å². The van der Waals surface area contributed by atoms with Crippen molar-refractivity contribution in [3.8, 4) is 0 Å². The Bertz CT molecular complexity index is 1860. The fourth-order valence-electron chi connectivity index (χ4n) is 9.05. The molecule has 1 nitrogen and oxygen atoms in total. The molecule has 87 heavy (non-hydrogen) atoms. The molecule has 0 aromatic rings. The van der Waals surface area contributed by atoms with Crippen LogP contribution in [0.1, 0.15) is 219 Å². The Hall–Kier alpha value is -2.80. The SMILES string of the molecule is CCCCCCCC/C=C\CCCCCCCCC(F)(CC(F)(F)F)C(F)(F)C(F)(F)C(F)(F)C(F)(F)C(F)(F)C(F)(F)OC(F)(F)C(F)(F)C(F)(F)C(F)(F)C(F)(F)C(F)(F)C(F)(CCCCCCCC/C=C\CCCCCCCC)CC(F)(F)F. The molecule has 0 aliphatic heterocycles. The van der Waals surface area contributed by atoms with Crippen LogP contribution < -0.4 is 0 Å². The van der Waals surface area contributed by atoms with E-state index in [9.17, 15) is 114 Å². The summed E-state index contributed by atoms with van der Waals surface area (Å²) in [6.45, 7) is 4.05. The van der Waals surface area contributed by atoms with E-state index < -0.39 is 146 Å². The van der Waals surface area contributed by atoms with Crippen LogP contribution in [0.5, 0.6) is 0 Å². The van der Waals surface area contributed by atoms with E-state index in [2.05, 4.69) is 0 Å². The van der Waals surface area contributed by atoms with Gasteiger partial charge >= 0.3 is 83.8 Å². The number of ether oxygens (including phenoxy) is 1. The van der Waals surface area contributed by atoms with Crippen molar-refractivity contribution in [2.45, 2.75) is 314 Å². The van der Waals surface area contributed by atoms with Gasteiger partial charge in [0.2, 0.25) is 0 Å². The molecular formula is C54H74F32O. The number of halogens is 32. The van der Waals surface area contributed by atoms with Gasteiger partial charge in [0.1, 0.15) is 0 Å². The van der Waals surface area contributed by atoms with Crippen LogP contribution in [0, 0.1) is 0 Å². The lowest BCUT2D eigenvalue weighted by atomic mass is 9.80. The molecule has 0 aromatic heterocycles. The second kappa shape index (κ2) is 33.2. The zero-order valence-corrected chi connectivity index (χ0v) is 47.4. The van der Waals surface area contributed by atoms with Crippen LogP contribution in [0.4, 0.5) is 140 Å². The first-order chi connectivity index (χ1) is 39.2. The molecule has 0 fully saturated rings. The molecule has 2 unspecified atom stereocenters. The van der Waals surface area contributed by atoms with Gasteiger partial charge in [0, 0.05) is 0 Å². The lowest BCUT2D eigenvalue weighted by Gasteiger charge is -2.46. The first-order valence-corrected chi connectivity index (χ1v) is 28.3. The topological polar surface area (TPSA) is 9.23 Å². The summed E-state index contributed by atoms with van der Waals surface area (Å²) in [5, 5.41) is 0. The molecule has 0 N–H and O–H groups in total. The Kier molecular flexibility index (Phi) is 32.1.